The fraction of sp³-hybridized carbons (Fsp3) is 0.480. The van der Waals surface area contributed by atoms with Crippen LogP contribution in [0.25, 0.3) is 0 Å². The van der Waals surface area contributed by atoms with Crippen molar-refractivity contribution in [1.29, 1.82) is 0 Å². The van der Waals surface area contributed by atoms with E-state index in [0.717, 1.165) is 44.4 Å². The molecule has 3 atom stereocenters. The lowest BCUT2D eigenvalue weighted by molar-refractivity contribution is -0.137. The van der Waals surface area contributed by atoms with Gasteiger partial charge in [0.15, 0.2) is 11.5 Å². The predicted octanol–water partition coefficient (Wildman–Crippen LogP) is 5.69. The first-order valence-corrected chi connectivity index (χ1v) is 11.8. The van der Waals surface area contributed by atoms with E-state index in [4.69, 9.17) is 21.1 Å². The van der Waals surface area contributed by atoms with E-state index in [0.29, 0.717) is 11.5 Å². The number of likely N-dealkylation sites (tertiary alicyclic amines) is 1. The van der Waals surface area contributed by atoms with Gasteiger partial charge in [-0.1, -0.05) is 17.7 Å². The number of likely N-dealkylation sites (N-methyl/N-ethyl adjacent to an activating group) is 1. The Morgan fingerprint density at radius 2 is 1.86 bits per heavy atom. The summed E-state index contributed by atoms with van der Waals surface area (Å²) in [4.78, 5) is 14.9. The molecule has 2 aromatic carbocycles. The van der Waals surface area contributed by atoms with Gasteiger partial charge in [-0.3, -0.25) is 0 Å². The maximum absolute atomic E-state index is 13.1. The fourth-order valence-electron chi connectivity index (χ4n) is 5.57. The van der Waals surface area contributed by atoms with Crippen LogP contribution in [0.5, 0.6) is 11.5 Å². The number of rotatable bonds is 5. The highest BCUT2D eigenvalue weighted by Gasteiger charge is 2.50. The van der Waals surface area contributed by atoms with Crippen molar-refractivity contribution >= 4 is 23.3 Å². The molecular formula is C25H29ClF3N3O3. The average molecular weight is 512 g/mol. The van der Waals surface area contributed by atoms with Crippen molar-refractivity contribution in [2.45, 2.75) is 49.4 Å². The average Bonchev–Trinajstić information content (AvgIpc) is 3.16. The summed E-state index contributed by atoms with van der Waals surface area (Å²) in [6.45, 7) is 0.933. The fourth-order valence-corrected chi connectivity index (χ4v) is 5.79. The van der Waals surface area contributed by atoms with Crippen molar-refractivity contribution in [3.8, 4) is 11.5 Å². The number of fused-ring (bicyclic) bond motifs is 1. The number of carbonyl (C=O) groups excluding carboxylic acids is 1. The number of ether oxygens (including phenoxy) is 2. The molecule has 1 aliphatic heterocycles. The number of methoxy groups -OCH3 is 2. The van der Waals surface area contributed by atoms with Gasteiger partial charge in [0.05, 0.1) is 24.8 Å². The maximum Gasteiger partial charge on any atom is 0.417 e. The van der Waals surface area contributed by atoms with E-state index in [2.05, 4.69) is 28.6 Å². The van der Waals surface area contributed by atoms with Crippen molar-refractivity contribution in [3.05, 3.63) is 52.5 Å². The molecule has 190 valence electrons. The highest BCUT2D eigenvalue weighted by Crippen LogP contribution is 2.50. The minimum Gasteiger partial charge on any atom is -0.493 e. The first-order valence-electron chi connectivity index (χ1n) is 11.4. The molecule has 0 bridgehead atoms. The van der Waals surface area contributed by atoms with E-state index in [9.17, 15) is 18.0 Å². The van der Waals surface area contributed by atoms with Crippen LogP contribution in [-0.2, 0) is 11.6 Å². The van der Waals surface area contributed by atoms with Crippen molar-refractivity contribution in [3.63, 3.8) is 0 Å². The first kappa shape index (κ1) is 25.4. The maximum atomic E-state index is 13.1. The van der Waals surface area contributed by atoms with E-state index < -0.39 is 22.8 Å². The third-order valence-corrected chi connectivity index (χ3v) is 7.68. The predicted molar refractivity (Wildman–Crippen MR) is 129 cm³/mol. The standard InChI is InChI=1S/C25H29ClF3N3O3/c1-32-11-10-24(15-4-7-20(34-2)21(12-15)35-3)9-8-17(14-22(24)32)31-23(33)30-16-5-6-19(26)18(13-16)25(27,28)29/h4-7,12-13,17,22H,8-11,14H2,1-3H3,(H2,30,31,33)/t17-,22+,24+/m0/s1. The molecular weight excluding hydrogens is 483 g/mol. The van der Waals surface area contributed by atoms with Crippen LogP contribution in [-0.4, -0.2) is 50.8 Å². The van der Waals surface area contributed by atoms with Gasteiger partial charge in [0, 0.05) is 23.2 Å². The molecule has 2 aliphatic rings. The van der Waals surface area contributed by atoms with Gasteiger partial charge >= 0.3 is 12.2 Å². The summed E-state index contributed by atoms with van der Waals surface area (Å²) < 4.78 is 50.3. The zero-order valence-corrected chi connectivity index (χ0v) is 20.6. The summed E-state index contributed by atoms with van der Waals surface area (Å²) in [5.74, 6) is 1.37. The highest BCUT2D eigenvalue weighted by atomic mass is 35.5. The zero-order valence-electron chi connectivity index (χ0n) is 19.8. The van der Waals surface area contributed by atoms with Crippen LogP contribution < -0.4 is 20.1 Å². The number of anilines is 1. The summed E-state index contributed by atoms with van der Waals surface area (Å²) in [5.41, 5.74) is 0.170. The summed E-state index contributed by atoms with van der Waals surface area (Å²) in [6.07, 6.45) is -1.27. The monoisotopic (exact) mass is 511 g/mol. The molecule has 2 amide bonds. The molecule has 0 spiro atoms. The number of urea groups is 1. The molecule has 1 saturated carbocycles. The second-order valence-electron chi connectivity index (χ2n) is 9.23. The lowest BCUT2D eigenvalue weighted by Crippen LogP contribution is -2.52. The van der Waals surface area contributed by atoms with Crippen LogP contribution in [0.1, 0.15) is 36.8 Å². The Morgan fingerprint density at radius 1 is 1.11 bits per heavy atom. The molecule has 1 aliphatic carbocycles. The summed E-state index contributed by atoms with van der Waals surface area (Å²) in [6, 6.07) is 8.94. The molecule has 4 rings (SSSR count). The molecule has 1 heterocycles. The molecule has 1 saturated heterocycles. The quantitative estimate of drug-likeness (QED) is 0.541. The number of halogens is 4. The van der Waals surface area contributed by atoms with E-state index in [1.54, 1.807) is 14.2 Å². The highest BCUT2D eigenvalue weighted by molar-refractivity contribution is 6.31. The lowest BCUT2D eigenvalue weighted by atomic mass is 9.65. The minimum atomic E-state index is -4.60. The number of hydrogen-bond donors (Lipinski definition) is 2. The van der Waals surface area contributed by atoms with Crippen LogP contribution in [0.3, 0.4) is 0 Å². The van der Waals surface area contributed by atoms with Crippen LogP contribution >= 0.6 is 11.6 Å². The third kappa shape index (κ3) is 5.02. The van der Waals surface area contributed by atoms with E-state index in [1.807, 2.05) is 12.1 Å². The Morgan fingerprint density at radius 3 is 2.54 bits per heavy atom. The Kier molecular flexibility index (Phi) is 7.11. The minimum absolute atomic E-state index is 0.0349. The molecule has 0 aromatic heterocycles. The topological polar surface area (TPSA) is 62.8 Å². The molecule has 0 unspecified atom stereocenters. The Hall–Kier alpha value is -2.65. The van der Waals surface area contributed by atoms with Gasteiger partial charge in [-0.2, -0.15) is 13.2 Å². The Labute approximate surface area is 207 Å². The van der Waals surface area contributed by atoms with E-state index in [1.165, 1.54) is 11.6 Å². The number of nitrogens with one attached hydrogen (secondary N) is 2. The summed E-state index contributed by atoms with van der Waals surface area (Å²) in [7, 11) is 5.31. The third-order valence-electron chi connectivity index (χ3n) is 7.35. The molecule has 35 heavy (non-hydrogen) atoms. The Bertz CT molecular complexity index is 1100. The molecule has 10 heteroatoms. The SMILES string of the molecule is COc1ccc([C@]23CC[C@H](NC(=O)Nc4ccc(Cl)c(C(F)(F)F)c4)C[C@H]2N(C)CC3)cc1OC. The molecule has 2 N–H and O–H groups in total. The van der Waals surface area contributed by atoms with Gasteiger partial charge in [0.1, 0.15) is 0 Å². The second-order valence-corrected chi connectivity index (χ2v) is 9.64. The van der Waals surface area contributed by atoms with Crippen LogP contribution in [0.15, 0.2) is 36.4 Å². The first-order chi connectivity index (χ1) is 16.6. The van der Waals surface area contributed by atoms with Crippen molar-refractivity contribution < 1.29 is 27.4 Å². The Balaban J connectivity index is 1.47. The van der Waals surface area contributed by atoms with Gasteiger partial charge in [0.25, 0.3) is 0 Å². The molecule has 2 fully saturated rings. The summed E-state index contributed by atoms with van der Waals surface area (Å²) in [5, 5.41) is 5.05. The number of alkyl halides is 3. The van der Waals surface area contributed by atoms with Crippen molar-refractivity contribution in [2.24, 2.45) is 0 Å². The zero-order chi connectivity index (χ0) is 25.4. The van der Waals surface area contributed by atoms with E-state index >= 15 is 0 Å². The van der Waals surface area contributed by atoms with Crippen molar-refractivity contribution in [1.82, 2.24) is 10.2 Å². The molecule has 6 nitrogen and oxygen atoms in total. The number of benzene rings is 2. The largest absolute Gasteiger partial charge is 0.493 e. The van der Waals surface area contributed by atoms with Crippen LogP contribution in [0.2, 0.25) is 5.02 Å². The van der Waals surface area contributed by atoms with Crippen LogP contribution in [0, 0.1) is 0 Å². The van der Waals surface area contributed by atoms with Gasteiger partial charge in [-0.05, 0) is 75.2 Å². The number of amides is 2. The smallest absolute Gasteiger partial charge is 0.417 e. The van der Waals surface area contributed by atoms with Crippen molar-refractivity contribution in [2.75, 3.05) is 33.1 Å². The molecule has 0 radical (unpaired) electrons. The summed E-state index contributed by atoms with van der Waals surface area (Å²) >= 11 is 5.67. The van der Waals surface area contributed by atoms with Gasteiger partial charge in [0.2, 0.25) is 0 Å². The normalized spacial score (nSPS) is 24.5. The van der Waals surface area contributed by atoms with Gasteiger partial charge in [-0.25, -0.2) is 4.79 Å². The van der Waals surface area contributed by atoms with Gasteiger partial charge < -0.3 is 25.0 Å². The number of hydrogen-bond acceptors (Lipinski definition) is 4. The van der Waals surface area contributed by atoms with Crippen LogP contribution in [0.4, 0.5) is 23.7 Å². The molecule has 2 aromatic rings. The van der Waals surface area contributed by atoms with E-state index in [-0.39, 0.29) is 23.2 Å². The number of carbonyl (C=O) groups is 1. The van der Waals surface area contributed by atoms with Gasteiger partial charge in [-0.15, -0.1) is 0 Å². The second kappa shape index (κ2) is 9.78. The number of nitrogens with zero attached hydrogens (tertiary/aromatic N) is 1. The lowest BCUT2D eigenvalue weighted by Gasteiger charge is -2.45.